The minimum absolute atomic E-state index is 0.301. The zero-order valence-corrected chi connectivity index (χ0v) is 12.8. The Bertz CT molecular complexity index is 622. The van der Waals surface area contributed by atoms with Crippen molar-refractivity contribution < 1.29 is 9.50 Å². The summed E-state index contributed by atoms with van der Waals surface area (Å²) in [5.74, 6) is -0.403. The molecule has 0 aliphatic heterocycles. The third kappa shape index (κ3) is 2.88. The Morgan fingerprint density at radius 3 is 2.21 bits per heavy atom. The average Bonchev–Trinajstić information content (AvgIpc) is 2.33. The van der Waals surface area contributed by atoms with Crippen LogP contribution < -0.4 is 0 Å². The molecule has 100 valence electrons. The van der Waals surface area contributed by atoms with Gasteiger partial charge in [-0.05, 0) is 55.2 Å². The van der Waals surface area contributed by atoms with E-state index in [0.717, 1.165) is 16.7 Å². The summed E-state index contributed by atoms with van der Waals surface area (Å²) in [6, 6.07) is 8.66. The first-order valence-electron chi connectivity index (χ1n) is 6.11. The maximum absolute atomic E-state index is 13.9. The van der Waals surface area contributed by atoms with E-state index in [0.29, 0.717) is 10.0 Å². The van der Waals surface area contributed by atoms with Crippen LogP contribution in [0.2, 0.25) is 0 Å². The van der Waals surface area contributed by atoms with Gasteiger partial charge in [0.25, 0.3) is 0 Å². The zero-order chi connectivity index (χ0) is 14.2. The minimum atomic E-state index is -0.938. The van der Waals surface area contributed by atoms with E-state index in [2.05, 4.69) is 15.9 Å². The lowest BCUT2D eigenvalue weighted by atomic mass is 9.93. The molecular formula is C16H16BrFO. The first-order chi connectivity index (χ1) is 8.90. The Kier molecular flexibility index (Phi) is 4.07. The van der Waals surface area contributed by atoms with Crippen molar-refractivity contribution in [2.45, 2.75) is 26.9 Å². The minimum Gasteiger partial charge on any atom is -0.384 e. The van der Waals surface area contributed by atoms with Gasteiger partial charge in [-0.2, -0.15) is 0 Å². The van der Waals surface area contributed by atoms with Gasteiger partial charge in [0.2, 0.25) is 0 Å². The van der Waals surface area contributed by atoms with E-state index >= 15 is 0 Å². The molecule has 1 N–H and O–H groups in total. The van der Waals surface area contributed by atoms with Gasteiger partial charge < -0.3 is 5.11 Å². The van der Waals surface area contributed by atoms with E-state index in [9.17, 15) is 9.50 Å². The largest absolute Gasteiger partial charge is 0.384 e. The molecule has 0 aliphatic rings. The number of halogens is 2. The molecule has 1 nitrogen and oxygen atoms in total. The Balaban J connectivity index is 2.49. The van der Waals surface area contributed by atoms with Gasteiger partial charge in [0.1, 0.15) is 11.9 Å². The monoisotopic (exact) mass is 322 g/mol. The van der Waals surface area contributed by atoms with Gasteiger partial charge in [-0.25, -0.2) is 4.39 Å². The molecule has 19 heavy (non-hydrogen) atoms. The molecule has 0 amide bonds. The summed E-state index contributed by atoms with van der Waals surface area (Å²) in [5.41, 5.74) is 4.29. The van der Waals surface area contributed by atoms with Crippen LogP contribution in [0.4, 0.5) is 4.39 Å². The average molecular weight is 323 g/mol. The van der Waals surface area contributed by atoms with Gasteiger partial charge in [0.15, 0.2) is 0 Å². The lowest BCUT2D eigenvalue weighted by Gasteiger charge is -2.17. The molecular weight excluding hydrogens is 307 g/mol. The van der Waals surface area contributed by atoms with E-state index < -0.39 is 11.9 Å². The van der Waals surface area contributed by atoms with Crippen molar-refractivity contribution in [2.24, 2.45) is 0 Å². The SMILES string of the molecule is Cc1cc(C)c(C(O)c2ccc(Br)cc2F)cc1C. The standard InChI is InChI=1S/C16H16BrFO/c1-9-6-11(3)14(7-10(9)2)16(19)13-5-4-12(17)8-15(13)18/h4-8,16,19H,1-3H3. The molecule has 0 aliphatic carbocycles. The van der Waals surface area contributed by atoms with Gasteiger partial charge in [-0.15, -0.1) is 0 Å². The second kappa shape index (κ2) is 5.43. The van der Waals surface area contributed by atoms with Crippen LogP contribution in [0.25, 0.3) is 0 Å². The smallest absolute Gasteiger partial charge is 0.130 e. The molecule has 2 aromatic rings. The Morgan fingerprint density at radius 2 is 1.58 bits per heavy atom. The van der Waals surface area contributed by atoms with E-state index in [1.165, 1.54) is 11.6 Å². The molecule has 0 aromatic heterocycles. The van der Waals surface area contributed by atoms with Crippen molar-refractivity contribution in [3.05, 3.63) is 68.4 Å². The first kappa shape index (κ1) is 14.2. The van der Waals surface area contributed by atoms with Gasteiger partial charge in [0, 0.05) is 10.0 Å². The van der Waals surface area contributed by atoms with Crippen LogP contribution in [0.15, 0.2) is 34.8 Å². The molecule has 2 rings (SSSR count). The van der Waals surface area contributed by atoms with E-state index in [-0.39, 0.29) is 0 Å². The summed E-state index contributed by atoms with van der Waals surface area (Å²) in [7, 11) is 0. The number of benzene rings is 2. The third-order valence-corrected chi connectivity index (χ3v) is 3.93. The molecule has 3 heteroatoms. The van der Waals surface area contributed by atoms with E-state index in [1.54, 1.807) is 12.1 Å². The van der Waals surface area contributed by atoms with Crippen molar-refractivity contribution >= 4 is 15.9 Å². The molecule has 1 atom stereocenters. The predicted molar refractivity (Wildman–Crippen MR) is 78.8 cm³/mol. The highest BCUT2D eigenvalue weighted by molar-refractivity contribution is 9.10. The van der Waals surface area contributed by atoms with Crippen LogP contribution in [-0.4, -0.2) is 5.11 Å². The van der Waals surface area contributed by atoms with Crippen molar-refractivity contribution in [1.82, 2.24) is 0 Å². The fraction of sp³-hybridized carbons (Fsp3) is 0.250. The number of rotatable bonds is 2. The maximum Gasteiger partial charge on any atom is 0.130 e. The molecule has 0 heterocycles. The van der Waals surface area contributed by atoms with Crippen molar-refractivity contribution in [3.8, 4) is 0 Å². The Labute approximate surface area is 121 Å². The third-order valence-electron chi connectivity index (χ3n) is 3.43. The lowest BCUT2D eigenvalue weighted by molar-refractivity contribution is 0.214. The lowest BCUT2D eigenvalue weighted by Crippen LogP contribution is -2.05. The number of aliphatic hydroxyl groups is 1. The Hall–Kier alpha value is -1.19. The number of aliphatic hydroxyl groups excluding tert-OH is 1. The summed E-state index contributed by atoms with van der Waals surface area (Å²) in [4.78, 5) is 0. The molecule has 0 spiro atoms. The fourth-order valence-corrected chi connectivity index (χ4v) is 2.50. The number of aryl methyl sites for hydroxylation is 3. The highest BCUT2D eigenvalue weighted by Gasteiger charge is 2.17. The first-order valence-corrected chi connectivity index (χ1v) is 6.90. The van der Waals surface area contributed by atoms with Crippen molar-refractivity contribution in [3.63, 3.8) is 0 Å². The van der Waals surface area contributed by atoms with Crippen LogP contribution in [0, 0.1) is 26.6 Å². The van der Waals surface area contributed by atoms with E-state index in [4.69, 9.17) is 0 Å². The van der Waals surface area contributed by atoms with Crippen molar-refractivity contribution in [1.29, 1.82) is 0 Å². The normalized spacial score (nSPS) is 12.5. The van der Waals surface area contributed by atoms with Crippen molar-refractivity contribution in [2.75, 3.05) is 0 Å². The zero-order valence-electron chi connectivity index (χ0n) is 11.2. The topological polar surface area (TPSA) is 20.2 Å². The van der Waals surface area contributed by atoms with Crippen LogP contribution in [-0.2, 0) is 0 Å². The highest BCUT2D eigenvalue weighted by atomic mass is 79.9. The summed E-state index contributed by atoms with van der Waals surface area (Å²) >= 11 is 3.22. The summed E-state index contributed by atoms with van der Waals surface area (Å²) in [6.07, 6.45) is -0.938. The summed E-state index contributed by atoms with van der Waals surface area (Å²) in [6.45, 7) is 5.95. The molecule has 0 radical (unpaired) electrons. The predicted octanol–water partition coefficient (Wildman–Crippen LogP) is 4.60. The molecule has 0 saturated heterocycles. The molecule has 0 fully saturated rings. The second-order valence-electron chi connectivity index (χ2n) is 4.86. The number of hydrogen-bond acceptors (Lipinski definition) is 1. The highest BCUT2D eigenvalue weighted by Crippen LogP contribution is 2.29. The molecule has 1 unspecified atom stereocenters. The Morgan fingerprint density at radius 1 is 0.947 bits per heavy atom. The van der Waals surface area contributed by atoms with E-state index in [1.807, 2.05) is 32.9 Å². The van der Waals surface area contributed by atoms with Gasteiger partial charge in [-0.1, -0.05) is 34.1 Å². The quantitative estimate of drug-likeness (QED) is 0.857. The molecule has 0 saturated carbocycles. The van der Waals surface area contributed by atoms with Gasteiger partial charge in [0.05, 0.1) is 0 Å². The van der Waals surface area contributed by atoms with Crippen LogP contribution in [0.5, 0.6) is 0 Å². The summed E-state index contributed by atoms with van der Waals surface area (Å²) in [5, 5.41) is 10.4. The van der Waals surface area contributed by atoms with Crippen LogP contribution in [0.3, 0.4) is 0 Å². The molecule has 0 bridgehead atoms. The molecule has 2 aromatic carbocycles. The number of hydrogen-bond donors (Lipinski definition) is 1. The van der Waals surface area contributed by atoms with Gasteiger partial charge in [-0.3, -0.25) is 0 Å². The fourth-order valence-electron chi connectivity index (χ4n) is 2.17. The maximum atomic E-state index is 13.9. The van der Waals surface area contributed by atoms with Crippen LogP contribution in [0.1, 0.15) is 33.9 Å². The van der Waals surface area contributed by atoms with Crippen LogP contribution >= 0.6 is 15.9 Å². The van der Waals surface area contributed by atoms with Gasteiger partial charge >= 0.3 is 0 Å². The second-order valence-corrected chi connectivity index (χ2v) is 5.78. The summed E-state index contributed by atoms with van der Waals surface area (Å²) < 4.78 is 14.6.